The Morgan fingerprint density at radius 2 is 1.65 bits per heavy atom. The van der Waals surface area contributed by atoms with Gasteiger partial charge in [-0.05, 0) is 13.8 Å². The van der Waals surface area contributed by atoms with E-state index in [4.69, 9.17) is 0 Å². The Morgan fingerprint density at radius 1 is 1.18 bits per heavy atom. The lowest BCUT2D eigenvalue weighted by atomic mass is 10.2. The molecule has 1 rings (SSSR count). The summed E-state index contributed by atoms with van der Waals surface area (Å²) in [5.41, 5.74) is 2.29. The molecule has 0 atom stereocenters. The minimum Gasteiger partial charge on any atom is -0.347 e. The number of anilines is 2. The molecule has 94 valence electrons. The smallest absolute Gasteiger partial charge is 0.227 e. The summed E-state index contributed by atoms with van der Waals surface area (Å²) >= 11 is 0. The first-order valence-corrected chi connectivity index (χ1v) is 5.66. The summed E-state index contributed by atoms with van der Waals surface area (Å²) in [6.07, 6.45) is 0. The van der Waals surface area contributed by atoms with Crippen LogP contribution in [0.3, 0.4) is 0 Å². The van der Waals surface area contributed by atoms with E-state index >= 15 is 0 Å². The maximum Gasteiger partial charge on any atom is 0.227 e. The van der Waals surface area contributed by atoms with E-state index in [0.29, 0.717) is 11.6 Å². The van der Waals surface area contributed by atoms with Gasteiger partial charge in [-0.3, -0.25) is 4.79 Å². The summed E-state index contributed by atoms with van der Waals surface area (Å²) in [7, 11) is 3.78. The molecule has 0 bridgehead atoms. The lowest BCUT2D eigenvalue weighted by Crippen LogP contribution is -2.21. The first-order chi connectivity index (χ1) is 7.82. The van der Waals surface area contributed by atoms with E-state index in [-0.39, 0.29) is 11.8 Å². The molecule has 1 amide bonds. The molecule has 17 heavy (non-hydrogen) atoms. The van der Waals surface area contributed by atoms with Crippen molar-refractivity contribution >= 4 is 17.5 Å². The van der Waals surface area contributed by atoms with Crippen molar-refractivity contribution in [3.63, 3.8) is 0 Å². The van der Waals surface area contributed by atoms with Crippen molar-refractivity contribution in [1.82, 2.24) is 9.97 Å². The standard InChI is InChI=1S/C12H20N4O/c1-7(2)11(17)15-10-8(3)13-12(16(5)6)14-9(10)4/h7H,1-6H3,(H,15,17). The largest absolute Gasteiger partial charge is 0.347 e. The number of rotatable bonds is 3. The van der Waals surface area contributed by atoms with Crippen molar-refractivity contribution in [2.45, 2.75) is 27.7 Å². The van der Waals surface area contributed by atoms with Crippen LogP contribution in [0.15, 0.2) is 0 Å². The average molecular weight is 236 g/mol. The highest BCUT2D eigenvalue weighted by molar-refractivity contribution is 5.93. The molecule has 1 aromatic rings. The maximum atomic E-state index is 11.7. The van der Waals surface area contributed by atoms with Gasteiger partial charge in [0.1, 0.15) is 0 Å². The Kier molecular flexibility index (Phi) is 4.04. The summed E-state index contributed by atoms with van der Waals surface area (Å²) in [6, 6.07) is 0. The van der Waals surface area contributed by atoms with Crippen molar-refractivity contribution < 1.29 is 4.79 Å². The molecule has 5 heteroatoms. The van der Waals surface area contributed by atoms with Crippen LogP contribution < -0.4 is 10.2 Å². The van der Waals surface area contributed by atoms with E-state index in [1.165, 1.54) is 0 Å². The van der Waals surface area contributed by atoms with E-state index in [2.05, 4.69) is 15.3 Å². The van der Waals surface area contributed by atoms with Gasteiger partial charge >= 0.3 is 0 Å². The minimum absolute atomic E-state index is 0.0163. The highest BCUT2D eigenvalue weighted by Gasteiger charge is 2.14. The fraction of sp³-hybridized carbons (Fsp3) is 0.583. The topological polar surface area (TPSA) is 58.1 Å². The molecule has 5 nitrogen and oxygen atoms in total. The second kappa shape index (κ2) is 5.12. The second-order valence-corrected chi connectivity index (χ2v) is 4.61. The molecule has 1 heterocycles. The molecule has 0 saturated heterocycles. The Balaban J connectivity index is 3.06. The monoisotopic (exact) mass is 236 g/mol. The fourth-order valence-corrected chi connectivity index (χ4v) is 1.35. The number of amides is 1. The van der Waals surface area contributed by atoms with Crippen LogP contribution in [-0.2, 0) is 4.79 Å². The van der Waals surface area contributed by atoms with Crippen molar-refractivity contribution in [3.05, 3.63) is 11.4 Å². The number of hydrogen-bond donors (Lipinski definition) is 1. The van der Waals surface area contributed by atoms with Crippen LogP contribution in [0.5, 0.6) is 0 Å². The Labute approximate surface area is 102 Å². The van der Waals surface area contributed by atoms with Crippen molar-refractivity contribution in [1.29, 1.82) is 0 Å². The molecule has 0 aliphatic heterocycles. The number of nitrogens with one attached hydrogen (secondary N) is 1. The quantitative estimate of drug-likeness (QED) is 0.868. The minimum atomic E-state index is -0.0534. The van der Waals surface area contributed by atoms with E-state index in [1.54, 1.807) is 0 Å². The van der Waals surface area contributed by atoms with Gasteiger partial charge in [0.25, 0.3) is 0 Å². The number of carbonyl (C=O) groups is 1. The zero-order chi connectivity index (χ0) is 13.2. The second-order valence-electron chi connectivity index (χ2n) is 4.61. The van der Waals surface area contributed by atoms with Crippen LogP contribution >= 0.6 is 0 Å². The van der Waals surface area contributed by atoms with E-state index in [0.717, 1.165) is 11.4 Å². The third-order valence-electron chi connectivity index (χ3n) is 2.43. The van der Waals surface area contributed by atoms with Gasteiger partial charge in [-0.15, -0.1) is 0 Å². The number of aromatic nitrogens is 2. The molecule has 0 spiro atoms. The molecular weight excluding hydrogens is 216 g/mol. The van der Waals surface area contributed by atoms with Crippen molar-refractivity contribution in [3.8, 4) is 0 Å². The summed E-state index contributed by atoms with van der Waals surface area (Å²) < 4.78 is 0. The van der Waals surface area contributed by atoms with E-state index in [1.807, 2.05) is 46.7 Å². The molecule has 0 fully saturated rings. The predicted molar refractivity (Wildman–Crippen MR) is 69.3 cm³/mol. The third-order valence-corrected chi connectivity index (χ3v) is 2.43. The summed E-state index contributed by atoms with van der Waals surface area (Å²) in [5, 5.41) is 2.86. The van der Waals surface area contributed by atoms with Gasteiger partial charge in [-0.25, -0.2) is 9.97 Å². The van der Waals surface area contributed by atoms with Gasteiger partial charge in [0.05, 0.1) is 17.1 Å². The number of aryl methyl sites for hydroxylation is 2. The van der Waals surface area contributed by atoms with Crippen LogP contribution in [0.2, 0.25) is 0 Å². The van der Waals surface area contributed by atoms with Gasteiger partial charge in [0.15, 0.2) is 0 Å². The average Bonchev–Trinajstić information content (AvgIpc) is 2.22. The highest BCUT2D eigenvalue weighted by atomic mass is 16.1. The SMILES string of the molecule is Cc1nc(N(C)C)nc(C)c1NC(=O)C(C)C. The van der Waals surface area contributed by atoms with Gasteiger partial charge in [-0.1, -0.05) is 13.8 Å². The Morgan fingerprint density at radius 3 is 2.00 bits per heavy atom. The van der Waals surface area contributed by atoms with Crippen molar-refractivity contribution in [2.24, 2.45) is 5.92 Å². The normalized spacial score (nSPS) is 10.5. The maximum absolute atomic E-state index is 11.7. The summed E-state index contributed by atoms with van der Waals surface area (Å²) in [5.74, 6) is 0.585. The first kappa shape index (κ1) is 13.4. The summed E-state index contributed by atoms with van der Waals surface area (Å²) in [6.45, 7) is 7.46. The molecule has 0 saturated carbocycles. The molecule has 1 aromatic heterocycles. The van der Waals surface area contributed by atoms with E-state index < -0.39 is 0 Å². The van der Waals surface area contributed by atoms with Crippen molar-refractivity contribution in [2.75, 3.05) is 24.3 Å². The van der Waals surface area contributed by atoms with E-state index in [9.17, 15) is 4.79 Å². The summed E-state index contributed by atoms with van der Waals surface area (Å²) in [4.78, 5) is 22.2. The lowest BCUT2D eigenvalue weighted by Gasteiger charge is -2.16. The van der Waals surface area contributed by atoms with Crippen LogP contribution in [-0.4, -0.2) is 30.0 Å². The molecule has 1 N–H and O–H groups in total. The van der Waals surface area contributed by atoms with Gasteiger partial charge in [-0.2, -0.15) is 0 Å². The van der Waals surface area contributed by atoms with Gasteiger partial charge < -0.3 is 10.2 Å². The Bertz CT molecular complexity index is 404. The third kappa shape index (κ3) is 3.15. The molecule has 0 unspecified atom stereocenters. The van der Waals surface area contributed by atoms with Crippen LogP contribution in [0.4, 0.5) is 11.6 Å². The molecular formula is C12H20N4O. The number of nitrogens with zero attached hydrogens (tertiary/aromatic N) is 3. The lowest BCUT2D eigenvalue weighted by molar-refractivity contribution is -0.118. The van der Waals surface area contributed by atoms with Gasteiger partial charge in [0.2, 0.25) is 11.9 Å². The van der Waals surface area contributed by atoms with Crippen LogP contribution in [0, 0.1) is 19.8 Å². The zero-order valence-electron chi connectivity index (χ0n) is 11.3. The van der Waals surface area contributed by atoms with Crippen LogP contribution in [0.1, 0.15) is 25.2 Å². The Hall–Kier alpha value is -1.65. The molecule has 0 aliphatic rings. The van der Waals surface area contributed by atoms with Gasteiger partial charge in [0, 0.05) is 20.0 Å². The molecule has 0 aromatic carbocycles. The zero-order valence-corrected chi connectivity index (χ0v) is 11.3. The fourth-order valence-electron chi connectivity index (χ4n) is 1.35. The number of hydrogen-bond acceptors (Lipinski definition) is 4. The highest BCUT2D eigenvalue weighted by Crippen LogP contribution is 2.20. The predicted octanol–water partition coefficient (Wildman–Crippen LogP) is 1.75. The molecule has 0 aliphatic carbocycles. The number of carbonyl (C=O) groups excluding carboxylic acids is 1. The van der Waals surface area contributed by atoms with Crippen LogP contribution in [0.25, 0.3) is 0 Å². The molecule has 0 radical (unpaired) electrons. The first-order valence-electron chi connectivity index (χ1n) is 5.66.